The maximum absolute atomic E-state index is 12.1. The summed E-state index contributed by atoms with van der Waals surface area (Å²) in [6.07, 6.45) is 3.20. The van der Waals surface area contributed by atoms with Crippen LogP contribution in [0.5, 0.6) is 0 Å². The quantitative estimate of drug-likeness (QED) is 0.729. The molecule has 0 aromatic carbocycles. The van der Waals surface area contributed by atoms with E-state index in [-0.39, 0.29) is 11.9 Å². The number of pyridine rings is 1. The van der Waals surface area contributed by atoms with Crippen molar-refractivity contribution < 1.29 is 9.90 Å². The molecular formula is C13H19N3O2. The average Bonchev–Trinajstić information content (AvgIpc) is 2.31. The maximum atomic E-state index is 12.1. The Bertz CT molecular complexity index is 428. The van der Waals surface area contributed by atoms with E-state index in [4.69, 9.17) is 5.73 Å². The highest BCUT2D eigenvalue weighted by Gasteiger charge is 2.24. The minimum Gasteiger partial charge on any atom is -0.391 e. The molecular weight excluding hydrogens is 230 g/mol. The van der Waals surface area contributed by atoms with E-state index in [0.717, 1.165) is 25.7 Å². The van der Waals surface area contributed by atoms with Crippen LogP contribution in [-0.4, -0.2) is 28.1 Å². The Balaban J connectivity index is 2.06. The first-order valence-corrected chi connectivity index (χ1v) is 6.29. The minimum atomic E-state index is -0.442. The molecule has 4 N–H and O–H groups in total. The predicted octanol–water partition coefficient (Wildman–Crippen LogP) is 1.01. The maximum Gasteiger partial charge on any atom is 0.251 e. The van der Waals surface area contributed by atoms with E-state index in [0.29, 0.717) is 17.1 Å². The first-order valence-electron chi connectivity index (χ1n) is 6.29. The van der Waals surface area contributed by atoms with Crippen molar-refractivity contribution in [1.82, 2.24) is 10.3 Å². The zero-order chi connectivity index (χ0) is 13.1. The molecule has 5 heteroatoms. The topological polar surface area (TPSA) is 88.2 Å². The van der Waals surface area contributed by atoms with E-state index >= 15 is 0 Å². The van der Waals surface area contributed by atoms with Crippen LogP contribution in [0.4, 0.5) is 5.82 Å². The third-order valence-corrected chi connectivity index (χ3v) is 3.28. The highest BCUT2D eigenvalue weighted by atomic mass is 16.3. The van der Waals surface area contributed by atoms with Gasteiger partial charge in [-0.1, -0.05) is 12.8 Å². The Kier molecular flexibility index (Phi) is 3.81. The molecule has 2 atom stereocenters. The van der Waals surface area contributed by atoms with Crippen LogP contribution in [0.2, 0.25) is 0 Å². The molecule has 0 radical (unpaired) electrons. The summed E-state index contributed by atoms with van der Waals surface area (Å²) in [6.45, 7) is 1.79. The van der Waals surface area contributed by atoms with Crippen molar-refractivity contribution in [3.8, 4) is 0 Å². The molecule has 1 fully saturated rings. The van der Waals surface area contributed by atoms with Crippen molar-refractivity contribution in [3.63, 3.8) is 0 Å². The van der Waals surface area contributed by atoms with Crippen LogP contribution < -0.4 is 11.1 Å². The number of carbonyl (C=O) groups excluding carboxylic acids is 1. The molecule has 1 aliphatic carbocycles. The summed E-state index contributed by atoms with van der Waals surface area (Å²) in [5.41, 5.74) is 6.83. The zero-order valence-electron chi connectivity index (χ0n) is 10.5. The van der Waals surface area contributed by atoms with Gasteiger partial charge in [0.1, 0.15) is 5.82 Å². The molecule has 1 amide bonds. The van der Waals surface area contributed by atoms with Crippen LogP contribution in [0, 0.1) is 6.92 Å². The molecule has 2 rings (SSSR count). The molecule has 98 valence electrons. The highest BCUT2D eigenvalue weighted by Crippen LogP contribution is 2.19. The predicted molar refractivity (Wildman–Crippen MR) is 69.1 cm³/mol. The van der Waals surface area contributed by atoms with Crippen LogP contribution in [0.15, 0.2) is 12.1 Å². The molecule has 1 heterocycles. The van der Waals surface area contributed by atoms with Crippen molar-refractivity contribution >= 4 is 11.7 Å². The Labute approximate surface area is 106 Å². The number of amides is 1. The molecule has 1 aromatic rings. The van der Waals surface area contributed by atoms with Crippen molar-refractivity contribution in [3.05, 3.63) is 23.4 Å². The van der Waals surface area contributed by atoms with Crippen molar-refractivity contribution in [2.45, 2.75) is 44.8 Å². The molecule has 2 unspecified atom stereocenters. The Hall–Kier alpha value is -1.62. The van der Waals surface area contributed by atoms with E-state index in [1.807, 2.05) is 0 Å². The number of carbonyl (C=O) groups is 1. The zero-order valence-corrected chi connectivity index (χ0v) is 10.5. The summed E-state index contributed by atoms with van der Waals surface area (Å²) in [6, 6.07) is 3.10. The van der Waals surface area contributed by atoms with Gasteiger partial charge in [-0.2, -0.15) is 0 Å². The average molecular weight is 249 g/mol. The smallest absolute Gasteiger partial charge is 0.251 e. The van der Waals surface area contributed by atoms with Gasteiger partial charge in [-0.3, -0.25) is 4.79 Å². The first-order chi connectivity index (χ1) is 8.56. The van der Waals surface area contributed by atoms with Crippen molar-refractivity contribution in [2.75, 3.05) is 5.73 Å². The van der Waals surface area contributed by atoms with Crippen LogP contribution in [0.3, 0.4) is 0 Å². The number of nitrogen functional groups attached to an aromatic ring is 1. The van der Waals surface area contributed by atoms with Gasteiger partial charge in [0, 0.05) is 11.3 Å². The summed E-state index contributed by atoms with van der Waals surface area (Å²) < 4.78 is 0. The van der Waals surface area contributed by atoms with Crippen molar-refractivity contribution in [1.29, 1.82) is 0 Å². The lowest BCUT2D eigenvalue weighted by atomic mass is 9.92. The molecule has 18 heavy (non-hydrogen) atoms. The number of hydrogen-bond donors (Lipinski definition) is 3. The molecule has 1 saturated carbocycles. The molecule has 0 aliphatic heterocycles. The van der Waals surface area contributed by atoms with Gasteiger partial charge in [0.25, 0.3) is 5.91 Å². The summed E-state index contributed by atoms with van der Waals surface area (Å²) in [5, 5.41) is 12.7. The van der Waals surface area contributed by atoms with Crippen LogP contribution >= 0.6 is 0 Å². The second-order valence-electron chi connectivity index (χ2n) is 4.85. The number of aryl methyl sites for hydroxylation is 1. The van der Waals surface area contributed by atoms with Gasteiger partial charge >= 0.3 is 0 Å². The van der Waals surface area contributed by atoms with E-state index in [9.17, 15) is 9.90 Å². The van der Waals surface area contributed by atoms with E-state index in [1.165, 1.54) is 0 Å². The summed E-state index contributed by atoms with van der Waals surface area (Å²) in [4.78, 5) is 16.1. The van der Waals surface area contributed by atoms with Gasteiger partial charge in [0.15, 0.2) is 0 Å². The summed E-state index contributed by atoms with van der Waals surface area (Å²) in [5.74, 6) is 0.141. The Morgan fingerprint density at radius 1 is 1.44 bits per heavy atom. The number of rotatable bonds is 2. The largest absolute Gasteiger partial charge is 0.391 e. The lowest BCUT2D eigenvalue weighted by Crippen LogP contribution is -2.45. The van der Waals surface area contributed by atoms with Gasteiger partial charge < -0.3 is 16.2 Å². The van der Waals surface area contributed by atoms with E-state index in [1.54, 1.807) is 19.1 Å². The van der Waals surface area contributed by atoms with Gasteiger partial charge in [-0.15, -0.1) is 0 Å². The molecule has 0 saturated heterocycles. The fraction of sp³-hybridized carbons (Fsp3) is 0.538. The standard InChI is InChI=1S/C13H19N3O2/c1-8-6-9(7-12(14)15-8)13(18)16-10-4-2-3-5-11(10)17/h6-7,10-11,17H,2-5H2,1H3,(H2,14,15)(H,16,18). The molecule has 5 nitrogen and oxygen atoms in total. The normalized spacial score (nSPS) is 23.7. The fourth-order valence-electron chi connectivity index (χ4n) is 2.36. The third kappa shape index (κ3) is 2.98. The first kappa shape index (κ1) is 12.8. The number of anilines is 1. The van der Waals surface area contributed by atoms with Gasteiger partial charge in [0.2, 0.25) is 0 Å². The van der Waals surface area contributed by atoms with Crippen LogP contribution in [-0.2, 0) is 0 Å². The van der Waals surface area contributed by atoms with Crippen molar-refractivity contribution in [2.24, 2.45) is 0 Å². The Morgan fingerprint density at radius 3 is 2.83 bits per heavy atom. The number of aliphatic hydroxyl groups excluding tert-OH is 1. The fourth-order valence-corrected chi connectivity index (χ4v) is 2.36. The third-order valence-electron chi connectivity index (χ3n) is 3.28. The van der Waals surface area contributed by atoms with E-state index < -0.39 is 6.10 Å². The molecule has 0 bridgehead atoms. The number of aromatic nitrogens is 1. The van der Waals surface area contributed by atoms with Gasteiger partial charge in [0.05, 0.1) is 12.1 Å². The molecule has 1 aromatic heterocycles. The highest BCUT2D eigenvalue weighted by molar-refractivity contribution is 5.95. The Morgan fingerprint density at radius 2 is 2.17 bits per heavy atom. The molecule has 0 spiro atoms. The van der Waals surface area contributed by atoms with E-state index in [2.05, 4.69) is 10.3 Å². The number of nitrogens with zero attached hydrogens (tertiary/aromatic N) is 1. The lowest BCUT2D eigenvalue weighted by Gasteiger charge is -2.28. The number of hydrogen-bond acceptors (Lipinski definition) is 4. The minimum absolute atomic E-state index is 0.152. The van der Waals surface area contributed by atoms with Crippen LogP contribution in [0.25, 0.3) is 0 Å². The summed E-state index contributed by atoms with van der Waals surface area (Å²) >= 11 is 0. The van der Waals surface area contributed by atoms with Gasteiger partial charge in [-0.25, -0.2) is 4.98 Å². The second kappa shape index (κ2) is 5.35. The second-order valence-corrected chi connectivity index (χ2v) is 4.85. The van der Waals surface area contributed by atoms with Crippen LogP contribution in [0.1, 0.15) is 41.7 Å². The monoisotopic (exact) mass is 249 g/mol. The molecule has 1 aliphatic rings. The van der Waals surface area contributed by atoms with Gasteiger partial charge in [-0.05, 0) is 31.9 Å². The number of aliphatic hydroxyl groups is 1. The summed E-state index contributed by atoms with van der Waals surface area (Å²) in [7, 11) is 0. The number of nitrogens with two attached hydrogens (primary N) is 1. The SMILES string of the molecule is Cc1cc(C(=O)NC2CCCCC2O)cc(N)n1. The number of nitrogens with one attached hydrogen (secondary N) is 1. The lowest BCUT2D eigenvalue weighted by molar-refractivity contribution is 0.0717.